The van der Waals surface area contributed by atoms with Crippen molar-refractivity contribution in [3.63, 3.8) is 0 Å². The van der Waals surface area contributed by atoms with Crippen LogP contribution in [0.1, 0.15) is 27.7 Å². The minimum Gasteiger partial charge on any atom is -0.247 e. The summed E-state index contributed by atoms with van der Waals surface area (Å²) in [5.74, 6) is 2.30. The van der Waals surface area contributed by atoms with Crippen molar-refractivity contribution in [2.75, 3.05) is 11.8 Å². The van der Waals surface area contributed by atoms with Crippen LogP contribution in [-0.4, -0.2) is 22.3 Å². The molecule has 0 saturated heterocycles. The first-order valence-electron chi connectivity index (χ1n) is 5.13. The molecule has 0 aliphatic heterocycles. The Morgan fingerprint density at radius 3 is 1.40 bits per heavy atom. The van der Waals surface area contributed by atoms with Crippen molar-refractivity contribution in [1.29, 1.82) is 0 Å². The average molecular weight is 291 g/mol. The highest BCUT2D eigenvalue weighted by Gasteiger charge is 2.17. The van der Waals surface area contributed by atoms with E-state index in [1.807, 2.05) is 0 Å². The third-order valence-electron chi connectivity index (χ3n) is 2.12. The minimum absolute atomic E-state index is 0.349. The molecule has 0 spiro atoms. The average Bonchev–Trinajstić information content (AvgIpc) is 2.17. The summed E-state index contributed by atoms with van der Waals surface area (Å²) >= 11 is 14.6. The molecule has 0 aromatic carbocycles. The molecule has 0 saturated carbocycles. The van der Waals surface area contributed by atoms with Gasteiger partial charge >= 0.3 is 0 Å². The number of rotatable bonds is 8. The van der Waals surface area contributed by atoms with Gasteiger partial charge in [0, 0.05) is 46.3 Å². The van der Waals surface area contributed by atoms with Crippen molar-refractivity contribution in [2.45, 2.75) is 38.2 Å². The first kappa shape index (κ1) is 16.2. The summed E-state index contributed by atoms with van der Waals surface area (Å²) in [7, 11) is 0. The van der Waals surface area contributed by atoms with Crippen LogP contribution in [0.3, 0.4) is 0 Å². The lowest BCUT2D eigenvalue weighted by atomic mass is 10.1. The fourth-order valence-corrected chi connectivity index (χ4v) is 3.31. The molecular weight excluding hydrogens is 271 g/mol. The maximum atomic E-state index is 5.84. The lowest BCUT2D eigenvalue weighted by molar-refractivity contribution is 0.600. The van der Waals surface area contributed by atoms with Crippen LogP contribution in [0.15, 0.2) is 0 Å². The van der Waals surface area contributed by atoms with Crippen LogP contribution in [0.2, 0.25) is 0 Å². The fraction of sp³-hybridized carbons (Fsp3) is 1.00. The van der Waals surface area contributed by atoms with Crippen LogP contribution in [0.4, 0.5) is 0 Å². The summed E-state index contributed by atoms with van der Waals surface area (Å²) in [5.41, 5.74) is 0. The second kappa shape index (κ2) is 9.29. The molecule has 0 N–H and O–H groups in total. The van der Waals surface area contributed by atoms with Crippen molar-refractivity contribution in [2.24, 2.45) is 11.8 Å². The Balaban J connectivity index is 3.75. The van der Waals surface area contributed by atoms with Crippen molar-refractivity contribution < 1.29 is 3.63 Å². The van der Waals surface area contributed by atoms with Gasteiger partial charge < -0.3 is 0 Å². The molecule has 0 heterocycles. The van der Waals surface area contributed by atoms with Gasteiger partial charge in [-0.1, -0.05) is 27.7 Å². The zero-order valence-electron chi connectivity index (χ0n) is 9.70. The Morgan fingerprint density at radius 2 is 1.20 bits per heavy atom. The normalized spacial score (nSPS) is 16.0. The van der Waals surface area contributed by atoms with Crippen molar-refractivity contribution in [3.8, 4) is 0 Å². The van der Waals surface area contributed by atoms with Gasteiger partial charge in [0.1, 0.15) is 0 Å². The van der Waals surface area contributed by atoms with Gasteiger partial charge in [-0.3, -0.25) is 0 Å². The first-order chi connectivity index (χ1) is 7.02. The maximum Gasteiger partial charge on any atom is 0.0482 e. The molecule has 2 unspecified atom stereocenters. The Morgan fingerprint density at radius 1 is 0.867 bits per heavy atom. The molecular formula is C10H20Cl2OS2. The van der Waals surface area contributed by atoms with Gasteiger partial charge in [-0.25, -0.2) is 3.63 Å². The predicted octanol–water partition coefficient (Wildman–Crippen LogP) is 4.83. The molecule has 1 nitrogen and oxygen atoms in total. The topological polar surface area (TPSA) is 9.23 Å². The maximum absolute atomic E-state index is 5.84. The molecule has 0 aliphatic rings. The largest absolute Gasteiger partial charge is 0.247 e. The minimum atomic E-state index is 0.349. The lowest BCUT2D eigenvalue weighted by Gasteiger charge is -2.19. The smallest absolute Gasteiger partial charge is 0.0482 e. The third-order valence-corrected chi connectivity index (χ3v) is 5.69. The van der Waals surface area contributed by atoms with Gasteiger partial charge in [0.15, 0.2) is 0 Å². The van der Waals surface area contributed by atoms with E-state index >= 15 is 0 Å². The van der Waals surface area contributed by atoms with Crippen molar-refractivity contribution in [3.05, 3.63) is 0 Å². The van der Waals surface area contributed by atoms with Crippen LogP contribution in [0.25, 0.3) is 0 Å². The van der Waals surface area contributed by atoms with E-state index in [4.69, 9.17) is 26.8 Å². The summed E-state index contributed by atoms with van der Waals surface area (Å²) in [6.07, 6.45) is 0. The zero-order chi connectivity index (χ0) is 11.8. The van der Waals surface area contributed by atoms with Crippen LogP contribution < -0.4 is 0 Å². The second-order valence-electron chi connectivity index (χ2n) is 4.13. The Bertz CT molecular complexity index is 140. The highest BCUT2D eigenvalue weighted by Crippen LogP contribution is 2.31. The van der Waals surface area contributed by atoms with E-state index in [9.17, 15) is 0 Å². The van der Waals surface area contributed by atoms with Crippen molar-refractivity contribution in [1.82, 2.24) is 0 Å². The van der Waals surface area contributed by atoms with E-state index < -0.39 is 0 Å². The highest BCUT2D eigenvalue weighted by molar-refractivity contribution is 8.08. The van der Waals surface area contributed by atoms with Crippen molar-refractivity contribution >= 4 is 47.3 Å². The molecule has 0 bridgehead atoms. The first-order valence-corrected chi connectivity index (χ1v) is 7.81. The monoisotopic (exact) mass is 290 g/mol. The highest BCUT2D eigenvalue weighted by atomic mass is 35.5. The molecule has 0 amide bonds. The molecule has 0 aromatic rings. The van der Waals surface area contributed by atoms with E-state index in [1.54, 1.807) is 0 Å². The Labute approximate surface area is 112 Å². The molecule has 5 heteroatoms. The van der Waals surface area contributed by atoms with Gasteiger partial charge in [0.2, 0.25) is 0 Å². The number of hydrogen-bond acceptors (Lipinski definition) is 3. The number of alkyl halides is 2. The zero-order valence-corrected chi connectivity index (χ0v) is 12.8. The molecule has 2 atom stereocenters. The summed E-state index contributed by atoms with van der Waals surface area (Å²) < 4.78 is 5.53. The van der Waals surface area contributed by atoms with Gasteiger partial charge in [-0.2, -0.15) is 0 Å². The van der Waals surface area contributed by atoms with E-state index in [2.05, 4.69) is 27.7 Å². The van der Waals surface area contributed by atoms with Gasteiger partial charge in [0.05, 0.1) is 0 Å². The molecule has 0 aliphatic carbocycles. The molecule has 0 fully saturated rings. The lowest BCUT2D eigenvalue weighted by Crippen LogP contribution is -2.15. The molecule has 92 valence electrons. The van der Waals surface area contributed by atoms with Crippen LogP contribution >= 0.6 is 47.3 Å². The Hall–Kier alpha value is 1.24. The fourth-order valence-electron chi connectivity index (χ4n) is 0.754. The molecule has 0 aromatic heterocycles. The SMILES string of the molecule is CC(C)C(CCl)SOSC(CCl)C(C)C. The van der Waals surface area contributed by atoms with E-state index in [0.29, 0.717) is 34.1 Å². The third kappa shape index (κ3) is 7.22. The van der Waals surface area contributed by atoms with E-state index in [0.717, 1.165) is 0 Å². The van der Waals surface area contributed by atoms with Gasteiger partial charge in [-0.05, 0) is 11.8 Å². The standard InChI is InChI=1S/C10H20Cl2OS2/c1-7(2)9(5-11)14-13-15-10(6-12)8(3)4/h7-10H,5-6H2,1-4H3. The number of halogens is 2. The van der Waals surface area contributed by atoms with E-state index in [-0.39, 0.29) is 0 Å². The Kier molecular flexibility index (Phi) is 10.1. The van der Waals surface area contributed by atoms with Gasteiger partial charge in [-0.15, -0.1) is 23.2 Å². The molecule has 15 heavy (non-hydrogen) atoms. The summed E-state index contributed by atoms with van der Waals surface area (Å²) in [6, 6.07) is 0. The second-order valence-corrected chi connectivity index (χ2v) is 6.89. The molecule has 0 radical (unpaired) electrons. The van der Waals surface area contributed by atoms with Gasteiger partial charge in [0.25, 0.3) is 0 Å². The predicted molar refractivity (Wildman–Crippen MR) is 75.0 cm³/mol. The summed E-state index contributed by atoms with van der Waals surface area (Å²) in [6.45, 7) is 8.59. The molecule has 0 rings (SSSR count). The van der Waals surface area contributed by atoms with E-state index in [1.165, 1.54) is 24.1 Å². The van der Waals surface area contributed by atoms with Crippen LogP contribution in [0, 0.1) is 11.8 Å². The quantitative estimate of drug-likeness (QED) is 0.468. The van der Waals surface area contributed by atoms with Crippen LogP contribution in [-0.2, 0) is 3.63 Å². The van der Waals surface area contributed by atoms with Crippen LogP contribution in [0.5, 0.6) is 0 Å². The summed E-state index contributed by atoms with van der Waals surface area (Å²) in [4.78, 5) is 0. The summed E-state index contributed by atoms with van der Waals surface area (Å²) in [5, 5.41) is 0.699. The number of hydrogen-bond donors (Lipinski definition) is 0.